The number of amides is 2. The van der Waals surface area contributed by atoms with E-state index in [1.807, 2.05) is 29.2 Å². The number of likely N-dealkylation sites (N-methyl/N-ethyl adjacent to an activating group) is 1. The van der Waals surface area contributed by atoms with E-state index < -0.39 is 0 Å². The fraction of sp³-hybridized carbons (Fsp3) is 0.438. The van der Waals surface area contributed by atoms with Crippen LogP contribution in [0.1, 0.15) is 5.69 Å². The fourth-order valence-corrected chi connectivity index (χ4v) is 2.69. The summed E-state index contributed by atoms with van der Waals surface area (Å²) in [6.45, 7) is 3.93. The third kappa shape index (κ3) is 3.17. The molecule has 3 rings (SSSR count). The van der Waals surface area contributed by atoms with Gasteiger partial charge in [0.05, 0.1) is 13.7 Å². The molecule has 0 unspecified atom stereocenters. The van der Waals surface area contributed by atoms with Crippen molar-refractivity contribution in [3.63, 3.8) is 0 Å². The Kier molecular flexibility index (Phi) is 4.20. The molecule has 6 nitrogen and oxygen atoms in total. The van der Waals surface area contributed by atoms with Crippen molar-refractivity contribution in [1.82, 2.24) is 20.1 Å². The van der Waals surface area contributed by atoms with Crippen molar-refractivity contribution in [3.05, 3.63) is 30.0 Å². The first-order valence-corrected chi connectivity index (χ1v) is 7.52. The number of benzene rings is 1. The number of nitrogens with one attached hydrogen (secondary N) is 2. The van der Waals surface area contributed by atoms with Crippen LogP contribution in [0.3, 0.4) is 0 Å². The zero-order valence-electron chi connectivity index (χ0n) is 13.1. The van der Waals surface area contributed by atoms with Crippen LogP contribution in [-0.4, -0.2) is 61.2 Å². The first-order valence-electron chi connectivity index (χ1n) is 7.52. The summed E-state index contributed by atoms with van der Waals surface area (Å²) in [5.41, 5.74) is 2.04. The molecule has 0 saturated carbocycles. The Morgan fingerprint density at radius 1 is 1.27 bits per heavy atom. The van der Waals surface area contributed by atoms with Crippen molar-refractivity contribution in [2.75, 3.05) is 40.3 Å². The topological polar surface area (TPSA) is 60.6 Å². The number of nitrogens with zero attached hydrogens (tertiary/aromatic N) is 2. The highest BCUT2D eigenvalue weighted by Crippen LogP contribution is 2.21. The number of carbonyl (C=O) groups excluding carboxylic acids is 1. The second kappa shape index (κ2) is 6.27. The van der Waals surface area contributed by atoms with Gasteiger partial charge in [0.25, 0.3) is 0 Å². The minimum atomic E-state index is 0.00402. The van der Waals surface area contributed by atoms with Gasteiger partial charge in [0.1, 0.15) is 5.75 Å². The van der Waals surface area contributed by atoms with Crippen LogP contribution in [0.5, 0.6) is 5.75 Å². The Morgan fingerprint density at radius 3 is 2.77 bits per heavy atom. The second-order valence-corrected chi connectivity index (χ2v) is 5.70. The van der Waals surface area contributed by atoms with Crippen molar-refractivity contribution in [3.8, 4) is 5.75 Å². The number of H-pyrrole nitrogens is 1. The molecule has 2 N–H and O–H groups in total. The quantitative estimate of drug-likeness (QED) is 0.906. The number of fused-ring (bicyclic) bond motifs is 1. The number of rotatable bonds is 3. The molecular formula is C16H22N4O2. The summed E-state index contributed by atoms with van der Waals surface area (Å²) < 4.78 is 5.22. The van der Waals surface area contributed by atoms with E-state index in [-0.39, 0.29) is 6.03 Å². The van der Waals surface area contributed by atoms with E-state index in [0.29, 0.717) is 6.54 Å². The van der Waals surface area contributed by atoms with Crippen molar-refractivity contribution in [2.45, 2.75) is 6.54 Å². The Morgan fingerprint density at radius 2 is 2.05 bits per heavy atom. The number of aromatic nitrogens is 1. The van der Waals surface area contributed by atoms with Crippen LogP contribution in [-0.2, 0) is 6.54 Å². The maximum absolute atomic E-state index is 12.2. The van der Waals surface area contributed by atoms with E-state index in [9.17, 15) is 4.79 Å². The largest absolute Gasteiger partial charge is 0.497 e. The van der Waals surface area contributed by atoms with Crippen molar-refractivity contribution in [1.29, 1.82) is 0 Å². The van der Waals surface area contributed by atoms with E-state index >= 15 is 0 Å². The molecule has 118 valence electrons. The number of carbonyl (C=O) groups is 1. The van der Waals surface area contributed by atoms with Gasteiger partial charge in [-0.3, -0.25) is 0 Å². The first kappa shape index (κ1) is 14.7. The molecule has 0 radical (unpaired) electrons. The van der Waals surface area contributed by atoms with Gasteiger partial charge in [0, 0.05) is 42.8 Å². The average molecular weight is 302 g/mol. The lowest BCUT2D eigenvalue weighted by Gasteiger charge is -2.32. The molecule has 1 fully saturated rings. The number of aromatic amines is 1. The van der Waals surface area contributed by atoms with Gasteiger partial charge < -0.3 is 24.8 Å². The summed E-state index contributed by atoms with van der Waals surface area (Å²) in [7, 11) is 3.74. The molecule has 0 atom stereocenters. The summed E-state index contributed by atoms with van der Waals surface area (Å²) in [5.74, 6) is 0.833. The van der Waals surface area contributed by atoms with Crippen LogP contribution < -0.4 is 10.1 Å². The Labute approximate surface area is 130 Å². The zero-order valence-corrected chi connectivity index (χ0v) is 13.1. The molecule has 1 saturated heterocycles. The second-order valence-electron chi connectivity index (χ2n) is 5.70. The number of methoxy groups -OCH3 is 1. The molecule has 1 aliphatic rings. The Hall–Kier alpha value is -2.21. The highest BCUT2D eigenvalue weighted by Gasteiger charge is 2.18. The van der Waals surface area contributed by atoms with Crippen LogP contribution in [0.25, 0.3) is 10.9 Å². The average Bonchev–Trinajstić information content (AvgIpc) is 2.95. The van der Waals surface area contributed by atoms with Gasteiger partial charge in [0.2, 0.25) is 0 Å². The van der Waals surface area contributed by atoms with Gasteiger partial charge in [-0.2, -0.15) is 0 Å². The Balaban J connectivity index is 1.60. The monoisotopic (exact) mass is 302 g/mol. The lowest BCUT2D eigenvalue weighted by Crippen LogP contribution is -2.50. The molecule has 0 aliphatic carbocycles. The molecule has 1 aromatic heterocycles. The minimum absolute atomic E-state index is 0.00402. The SMILES string of the molecule is COc1ccc2[nH]c(CNC(=O)N3CCN(C)CC3)cc2c1. The number of ether oxygens (including phenoxy) is 1. The maximum Gasteiger partial charge on any atom is 0.317 e. The van der Waals surface area contributed by atoms with E-state index in [0.717, 1.165) is 48.5 Å². The van der Waals surface area contributed by atoms with Crippen molar-refractivity contribution < 1.29 is 9.53 Å². The van der Waals surface area contributed by atoms with Gasteiger partial charge in [-0.15, -0.1) is 0 Å². The fourth-order valence-electron chi connectivity index (χ4n) is 2.69. The smallest absolute Gasteiger partial charge is 0.317 e. The van der Waals surface area contributed by atoms with Crippen molar-refractivity contribution >= 4 is 16.9 Å². The highest BCUT2D eigenvalue weighted by molar-refractivity contribution is 5.82. The molecule has 0 spiro atoms. The summed E-state index contributed by atoms with van der Waals surface area (Å²) in [6, 6.07) is 7.94. The first-order chi connectivity index (χ1) is 10.7. The third-order valence-electron chi connectivity index (χ3n) is 4.10. The summed E-state index contributed by atoms with van der Waals surface area (Å²) >= 11 is 0. The lowest BCUT2D eigenvalue weighted by molar-refractivity contribution is 0.154. The normalized spacial score (nSPS) is 16.0. The van der Waals surface area contributed by atoms with Gasteiger partial charge in [-0.05, 0) is 31.3 Å². The molecule has 1 aliphatic heterocycles. The van der Waals surface area contributed by atoms with E-state index in [2.05, 4.69) is 22.2 Å². The standard InChI is InChI=1S/C16H22N4O2/c1-19-5-7-20(8-6-19)16(21)17-11-13-9-12-10-14(22-2)3-4-15(12)18-13/h3-4,9-10,18H,5-8,11H2,1-2H3,(H,17,21). The molecule has 22 heavy (non-hydrogen) atoms. The van der Waals surface area contributed by atoms with Gasteiger partial charge in [0.15, 0.2) is 0 Å². The summed E-state index contributed by atoms with van der Waals surface area (Å²) in [4.78, 5) is 19.6. The minimum Gasteiger partial charge on any atom is -0.497 e. The van der Waals surface area contributed by atoms with Crippen LogP contribution in [0.2, 0.25) is 0 Å². The van der Waals surface area contributed by atoms with Gasteiger partial charge in [-0.1, -0.05) is 0 Å². The molecule has 6 heteroatoms. The van der Waals surface area contributed by atoms with Gasteiger partial charge >= 0.3 is 6.03 Å². The number of urea groups is 1. The van der Waals surface area contributed by atoms with E-state index in [1.54, 1.807) is 7.11 Å². The molecular weight excluding hydrogens is 280 g/mol. The maximum atomic E-state index is 12.2. The lowest BCUT2D eigenvalue weighted by atomic mass is 10.2. The molecule has 2 heterocycles. The molecule has 0 bridgehead atoms. The number of piperazine rings is 1. The zero-order chi connectivity index (χ0) is 15.5. The third-order valence-corrected chi connectivity index (χ3v) is 4.10. The van der Waals surface area contributed by atoms with Crippen LogP contribution >= 0.6 is 0 Å². The number of hydrogen-bond acceptors (Lipinski definition) is 3. The Bertz CT molecular complexity index is 659. The highest BCUT2D eigenvalue weighted by atomic mass is 16.5. The van der Waals surface area contributed by atoms with Crippen molar-refractivity contribution in [2.24, 2.45) is 0 Å². The van der Waals surface area contributed by atoms with Crippen LogP contribution in [0, 0.1) is 0 Å². The summed E-state index contributed by atoms with van der Waals surface area (Å²) in [5, 5.41) is 4.07. The predicted octanol–water partition coefficient (Wildman–Crippen LogP) is 1.63. The predicted molar refractivity (Wildman–Crippen MR) is 86.2 cm³/mol. The van der Waals surface area contributed by atoms with Crippen LogP contribution in [0.4, 0.5) is 4.79 Å². The van der Waals surface area contributed by atoms with Gasteiger partial charge in [-0.25, -0.2) is 4.79 Å². The van der Waals surface area contributed by atoms with E-state index in [1.165, 1.54) is 0 Å². The number of hydrogen-bond donors (Lipinski definition) is 2. The molecule has 1 aromatic carbocycles. The van der Waals surface area contributed by atoms with E-state index in [4.69, 9.17) is 4.74 Å². The molecule has 2 amide bonds. The molecule has 2 aromatic rings. The summed E-state index contributed by atoms with van der Waals surface area (Å²) in [6.07, 6.45) is 0. The van der Waals surface area contributed by atoms with Crippen LogP contribution in [0.15, 0.2) is 24.3 Å².